The van der Waals surface area contributed by atoms with Crippen LogP contribution in [0.5, 0.6) is 0 Å². The maximum atomic E-state index is 13.6. The summed E-state index contributed by atoms with van der Waals surface area (Å²) in [7, 11) is 0. The third kappa shape index (κ3) is 8.29. The van der Waals surface area contributed by atoms with Crippen LogP contribution < -0.4 is 5.32 Å². The fourth-order valence-electron chi connectivity index (χ4n) is 4.17. The van der Waals surface area contributed by atoms with Gasteiger partial charge in [0.1, 0.15) is 6.04 Å². The highest BCUT2D eigenvalue weighted by molar-refractivity contribution is 7.99. The lowest BCUT2D eigenvalue weighted by molar-refractivity contribution is -0.139. The van der Waals surface area contributed by atoms with Crippen molar-refractivity contribution in [2.75, 3.05) is 12.3 Å². The van der Waals surface area contributed by atoms with E-state index in [1.807, 2.05) is 43.3 Å². The molecule has 0 unspecified atom stereocenters. The quantitative estimate of drug-likeness (QED) is 0.296. The number of nitrogens with one attached hydrogen (secondary N) is 1. The largest absolute Gasteiger partial charge is 0.355 e. The Morgan fingerprint density at radius 3 is 2.22 bits per heavy atom. The number of aryl methyl sites for hydroxylation is 2. The molecule has 0 aromatic heterocycles. The van der Waals surface area contributed by atoms with Crippen molar-refractivity contribution in [3.8, 4) is 0 Å². The molecule has 3 aromatic rings. The zero-order valence-electron chi connectivity index (χ0n) is 20.9. The monoisotopic (exact) mass is 542 g/mol. The number of thioether (sulfide) groups is 1. The van der Waals surface area contributed by atoms with Crippen molar-refractivity contribution in [3.05, 3.63) is 105 Å². The van der Waals surface area contributed by atoms with Gasteiger partial charge in [-0.3, -0.25) is 9.59 Å². The highest BCUT2D eigenvalue weighted by Crippen LogP contribution is 2.25. The smallest absolute Gasteiger partial charge is 0.243 e. The molecule has 0 spiro atoms. The Balaban J connectivity index is 1.85. The molecule has 3 aromatic carbocycles. The van der Waals surface area contributed by atoms with Crippen LogP contribution >= 0.6 is 35.0 Å². The third-order valence-corrected chi connectivity index (χ3v) is 7.46. The minimum absolute atomic E-state index is 0.0948. The van der Waals surface area contributed by atoms with Crippen LogP contribution in [0.4, 0.5) is 0 Å². The van der Waals surface area contributed by atoms with E-state index in [0.29, 0.717) is 23.0 Å². The maximum absolute atomic E-state index is 13.6. The van der Waals surface area contributed by atoms with Crippen molar-refractivity contribution in [2.24, 2.45) is 0 Å². The first-order chi connectivity index (χ1) is 17.3. The zero-order chi connectivity index (χ0) is 26.1. The highest BCUT2D eigenvalue weighted by Gasteiger charge is 2.30. The molecule has 1 N–H and O–H groups in total. The van der Waals surface area contributed by atoms with E-state index in [4.69, 9.17) is 23.2 Å². The van der Waals surface area contributed by atoms with Gasteiger partial charge in [-0.05, 0) is 49.6 Å². The lowest BCUT2D eigenvalue weighted by Gasteiger charge is -2.31. The van der Waals surface area contributed by atoms with Gasteiger partial charge in [-0.2, -0.15) is 0 Å². The van der Waals surface area contributed by atoms with Crippen molar-refractivity contribution < 1.29 is 9.59 Å². The second-order valence-electron chi connectivity index (χ2n) is 8.86. The molecule has 0 saturated carbocycles. The molecule has 0 aliphatic heterocycles. The normalized spacial score (nSPS) is 11.7. The van der Waals surface area contributed by atoms with Gasteiger partial charge in [0.05, 0.1) is 15.8 Å². The van der Waals surface area contributed by atoms with Crippen molar-refractivity contribution in [1.29, 1.82) is 0 Å². The van der Waals surface area contributed by atoms with Crippen molar-refractivity contribution in [1.82, 2.24) is 10.2 Å². The Labute approximate surface area is 228 Å². The number of halogens is 2. The molecular weight excluding hydrogens is 511 g/mol. The lowest BCUT2D eigenvalue weighted by Crippen LogP contribution is -2.51. The van der Waals surface area contributed by atoms with Crippen molar-refractivity contribution >= 4 is 46.8 Å². The second kappa shape index (κ2) is 13.7. The van der Waals surface area contributed by atoms with E-state index in [9.17, 15) is 9.59 Å². The number of carbonyl (C=O) groups is 2. The molecule has 0 radical (unpaired) electrons. The summed E-state index contributed by atoms with van der Waals surface area (Å²) in [6, 6.07) is 20.8. The van der Waals surface area contributed by atoms with Gasteiger partial charge in [0.25, 0.3) is 0 Å². The number of nitrogens with zero attached hydrogens (tertiary/aromatic N) is 1. The number of rotatable bonds is 11. The minimum atomic E-state index is -0.656. The van der Waals surface area contributed by atoms with Crippen LogP contribution in [0, 0.1) is 13.8 Å². The first-order valence-electron chi connectivity index (χ1n) is 12.0. The van der Waals surface area contributed by atoms with Gasteiger partial charge in [0.15, 0.2) is 0 Å². The van der Waals surface area contributed by atoms with E-state index >= 15 is 0 Å². The molecule has 0 aliphatic carbocycles. The number of carbonyl (C=O) groups excluding carboxylic acids is 2. The van der Waals surface area contributed by atoms with Gasteiger partial charge in [0.2, 0.25) is 11.8 Å². The molecular formula is C29H32Cl2N2O2S. The van der Waals surface area contributed by atoms with Crippen LogP contribution in [0.15, 0.2) is 66.7 Å². The van der Waals surface area contributed by atoms with Gasteiger partial charge in [-0.1, -0.05) is 88.9 Å². The number of amides is 2. The molecule has 2 amide bonds. The second-order valence-corrected chi connectivity index (χ2v) is 10.7. The summed E-state index contributed by atoms with van der Waals surface area (Å²) in [5, 5.41) is 3.79. The zero-order valence-corrected chi connectivity index (χ0v) is 23.2. The summed E-state index contributed by atoms with van der Waals surface area (Å²) >= 11 is 13.9. The fourth-order valence-corrected chi connectivity index (χ4v) is 5.34. The summed E-state index contributed by atoms with van der Waals surface area (Å²) in [6.45, 7) is 6.77. The fraction of sp³-hybridized carbons (Fsp3) is 0.310. The van der Waals surface area contributed by atoms with E-state index in [1.165, 1.54) is 16.7 Å². The van der Waals surface area contributed by atoms with Crippen LogP contribution in [0.25, 0.3) is 0 Å². The maximum Gasteiger partial charge on any atom is 0.243 e. The van der Waals surface area contributed by atoms with Gasteiger partial charge >= 0.3 is 0 Å². The molecule has 7 heteroatoms. The Hall–Kier alpha value is -2.47. The molecule has 0 aliphatic rings. The van der Waals surface area contributed by atoms with Gasteiger partial charge in [-0.25, -0.2) is 0 Å². The van der Waals surface area contributed by atoms with Crippen LogP contribution in [0.1, 0.15) is 34.7 Å². The summed E-state index contributed by atoms with van der Waals surface area (Å²) < 4.78 is 0. The Morgan fingerprint density at radius 1 is 0.889 bits per heavy atom. The molecule has 0 bridgehead atoms. The standard InChI is InChI=1S/C29H32Cl2N2O2S/c1-4-32-29(35)27(16-22-8-6-5-7-9-22)33(17-23-10-11-25(30)26(31)15-23)28(34)19-36-18-24-13-20(2)12-21(3)14-24/h5-15,27H,4,16-19H2,1-3H3,(H,32,35)/t27-/m1/s1. The SMILES string of the molecule is CCNC(=O)[C@@H](Cc1ccccc1)N(Cc1ccc(Cl)c(Cl)c1)C(=O)CSCc1cc(C)cc(C)c1. The predicted molar refractivity (Wildman–Crippen MR) is 152 cm³/mol. The minimum Gasteiger partial charge on any atom is -0.355 e. The van der Waals surface area contributed by atoms with Crippen molar-refractivity contribution in [3.63, 3.8) is 0 Å². The van der Waals surface area contributed by atoms with Crippen LogP contribution in [-0.2, 0) is 28.3 Å². The predicted octanol–water partition coefficient (Wildman–Crippen LogP) is 6.62. The van der Waals surface area contributed by atoms with Gasteiger partial charge < -0.3 is 10.2 Å². The Kier molecular flexibility index (Phi) is 10.7. The van der Waals surface area contributed by atoms with Crippen LogP contribution in [-0.4, -0.2) is 35.1 Å². The summed E-state index contributed by atoms with van der Waals surface area (Å²) in [6.07, 6.45) is 0.418. The molecule has 36 heavy (non-hydrogen) atoms. The molecule has 4 nitrogen and oxygen atoms in total. The molecule has 0 heterocycles. The molecule has 0 fully saturated rings. The Bertz CT molecular complexity index is 1170. The summed E-state index contributed by atoms with van der Waals surface area (Å²) in [4.78, 5) is 28.5. The average molecular weight is 544 g/mol. The van der Waals surface area contributed by atoms with Crippen LogP contribution in [0.2, 0.25) is 10.0 Å². The summed E-state index contributed by atoms with van der Waals surface area (Å²) in [5.41, 5.74) is 5.41. The van der Waals surface area contributed by atoms with E-state index in [1.54, 1.807) is 28.8 Å². The van der Waals surface area contributed by atoms with E-state index in [-0.39, 0.29) is 24.1 Å². The Morgan fingerprint density at radius 2 is 1.58 bits per heavy atom. The van der Waals surface area contributed by atoms with Gasteiger partial charge in [0, 0.05) is 25.3 Å². The molecule has 190 valence electrons. The molecule has 0 saturated heterocycles. The number of hydrogen-bond acceptors (Lipinski definition) is 3. The third-order valence-electron chi connectivity index (χ3n) is 5.73. The van der Waals surface area contributed by atoms with Crippen molar-refractivity contribution in [2.45, 2.75) is 45.5 Å². The number of benzene rings is 3. The van der Waals surface area contributed by atoms with Crippen LogP contribution in [0.3, 0.4) is 0 Å². The van der Waals surface area contributed by atoms with E-state index < -0.39 is 6.04 Å². The van der Waals surface area contributed by atoms with Gasteiger partial charge in [-0.15, -0.1) is 11.8 Å². The van der Waals surface area contributed by atoms with E-state index in [2.05, 4.69) is 37.4 Å². The molecule has 1 atom stereocenters. The first kappa shape index (κ1) is 28.1. The average Bonchev–Trinajstić information content (AvgIpc) is 2.83. The molecule has 3 rings (SSSR count). The lowest BCUT2D eigenvalue weighted by atomic mass is 10.0. The highest BCUT2D eigenvalue weighted by atomic mass is 35.5. The first-order valence-corrected chi connectivity index (χ1v) is 13.9. The number of hydrogen-bond donors (Lipinski definition) is 1. The summed E-state index contributed by atoms with van der Waals surface area (Å²) in [5.74, 6) is 0.718. The topological polar surface area (TPSA) is 49.4 Å². The van der Waals surface area contributed by atoms with E-state index in [0.717, 1.165) is 16.9 Å². The number of likely N-dealkylation sites (N-methyl/N-ethyl adjacent to an activating group) is 1.